The summed E-state index contributed by atoms with van der Waals surface area (Å²) in [6, 6.07) is 5.74. The molecule has 29 heavy (non-hydrogen) atoms. The number of hydrogen-bond acceptors (Lipinski definition) is 6. The van der Waals surface area contributed by atoms with Gasteiger partial charge < -0.3 is 15.1 Å². The number of hydrogen-bond donors (Lipinski definition) is 2. The lowest BCUT2D eigenvalue weighted by Crippen LogP contribution is -2.30. The van der Waals surface area contributed by atoms with Gasteiger partial charge in [-0.1, -0.05) is 26.0 Å². The van der Waals surface area contributed by atoms with E-state index in [1.54, 1.807) is 0 Å². The van der Waals surface area contributed by atoms with Gasteiger partial charge in [-0.15, -0.1) is 17.5 Å². The number of carbonyl (C=O) groups is 1. The summed E-state index contributed by atoms with van der Waals surface area (Å²) in [6.45, 7) is 9.96. The molecule has 9 heteroatoms. The molecule has 0 unspecified atom stereocenters. The second-order valence-corrected chi connectivity index (χ2v) is 8.35. The normalized spacial score (nSPS) is 15.3. The fourth-order valence-electron chi connectivity index (χ4n) is 3.46. The first-order valence-electron chi connectivity index (χ1n) is 9.68. The van der Waals surface area contributed by atoms with Crippen LogP contribution in [0.1, 0.15) is 61.7 Å². The number of aromatic nitrogens is 4. The molecule has 2 aromatic heterocycles. The van der Waals surface area contributed by atoms with E-state index in [0.717, 1.165) is 37.1 Å². The highest BCUT2D eigenvalue weighted by Crippen LogP contribution is 2.27. The van der Waals surface area contributed by atoms with E-state index < -0.39 is 0 Å². The molecular weight excluding hydrogens is 392 g/mol. The number of piperidine rings is 1. The topological polar surface area (TPSA) is 97.9 Å². The van der Waals surface area contributed by atoms with Crippen molar-refractivity contribution >= 4 is 35.1 Å². The molecule has 1 aliphatic rings. The predicted octanol–water partition coefficient (Wildman–Crippen LogP) is 3.62. The van der Waals surface area contributed by atoms with Crippen molar-refractivity contribution in [2.24, 2.45) is 0 Å². The molecule has 0 radical (unpaired) electrons. The first-order chi connectivity index (χ1) is 13.3. The molecule has 1 saturated heterocycles. The quantitative estimate of drug-likeness (QED) is 0.674. The minimum atomic E-state index is -0.267. The van der Waals surface area contributed by atoms with Crippen molar-refractivity contribution in [3.05, 3.63) is 35.5 Å². The van der Waals surface area contributed by atoms with Crippen molar-refractivity contribution in [1.29, 1.82) is 0 Å². The Morgan fingerprint density at radius 1 is 1.28 bits per heavy atom. The number of oxazole rings is 1. The number of carbonyl (C=O) groups excluding carboxylic acids is 1. The summed E-state index contributed by atoms with van der Waals surface area (Å²) >= 11 is 0. The molecule has 3 heterocycles. The third-order valence-corrected chi connectivity index (χ3v) is 5.08. The van der Waals surface area contributed by atoms with E-state index in [-0.39, 0.29) is 29.8 Å². The van der Waals surface area contributed by atoms with Crippen molar-refractivity contribution in [1.82, 2.24) is 25.3 Å². The maximum absolute atomic E-state index is 12.7. The molecule has 0 spiro atoms. The third-order valence-electron chi connectivity index (χ3n) is 5.08. The van der Waals surface area contributed by atoms with Gasteiger partial charge in [0.05, 0.1) is 11.7 Å². The molecule has 8 nitrogen and oxygen atoms in total. The van der Waals surface area contributed by atoms with Crippen molar-refractivity contribution in [3.63, 3.8) is 0 Å². The average molecular weight is 419 g/mol. The van der Waals surface area contributed by atoms with Crippen molar-refractivity contribution < 1.29 is 9.21 Å². The van der Waals surface area contributed by atoms with Gasteiger partial charge in [0, 0.05) is 11.1 Å². The van der Waals surface area contributed by atoms with Gasteiger partial charge in [0.2, 0.25) is 5.89 Å². The molecule has 1 aliphatic heterocycles. The number of anilines is 1. The Kier molecular flexibility index (Phi) is 5.95. The van der Waals surface area contributed by atoms with Gasteiger partial charge in [0.25, 0.3) is 5.91 Å². The first kappa shape index (κ1) is 21.3. The molecule has 4 rings (SSSR count). The van der Waals surface area contributed by atoms with Gasteiger partial charge in [-0.05, 0) is 51.1 Å². The summed E-state index contributed by atoms with van der Waals surface area (Å²) in [7, 11) is 0. The molecule has 1 fully saturated rings. The molecule has 3 aromatic rings. The zero-order valence-electron chi connectivity index (χ0n) is 17.2. The molecule has 0 atom stereocenters. The van der Waals surface area contributed by atoms with Gasteiger partial charge in [0.15, 0.2) is 11.3 Å². The zero-order chi connectivity index (χ0) is 19.9. The number of nitrogens with zero attached hydrogens (tertiary/aromatic N) is 4. The van der Waals surface area contributed by atoms with Crippen LogP contribution in [0.5, 0.6) is 0 Å². The summed E-state index contributed by atoms with van der Waals surface area (Å²) in [5, 5.41) is 14.6. The molecular formula is C20H27ClN6O2. The summed E-state index contributed by atoms with van der Waals surface area (Å²) in [5.41, 5.74) is 3.05. The average Bonchev–Trinajstić information content (AvgIpc) is 3.25. The van der Waals surface area contributed by atoms with Crippen molar-refractivity contribution in [3.8, 4) is 0 Å². The van der Waals surface area contributed by atoms with Crippen LogP contribution in [0.25, 0.3) is 11.1 Å². The van der Waals surface area contributed by atoms with E-state index in [0.29, 0.717) is 22.9 Å². The van der Waals surface area contributed by atoms with E-state index in [4.69, 9.17) is 4.42 Å². The SMILES string of the molecule is Cc1c(C(=O)Nc2ccc3oc(C(C)(C)C)nc3c2)nnn1C1CCNCC1.Cl. The van der Waals surface area contributed by atoms with Gasteiger partial charge >= 0.3 is 0 Å². The van der Waals surface area contributed by atoms with Crippen LogP contribution in [0.3, 0.4) is 0 Å². The number of amides is 1. The zero-order valence-corrected chi connectivity index (χ0v) is 18.0. The van der Waals surface area contributed by atoms with Crippen molar-refractivity contribution in [2.45, 2.75) is 52.0 Å². The van der Waals surface area contributed by atoms with Crippen LogP contribution in [0.2, 0.25) is 0 Å². The van der Waals surface area contributed by atoms with Crippen LogP contribution < -0.4 is 10.6 Å². The predicted molar refractivity (Wildman–Crippen MR) is 114 cm³/mol. The first-order valence-corrected chi connectivity index (χ1v) is 9.68. The summed E-state index contributed by atoms with van der Waals surface area (Å²) < 4.78 is 7.69. The summed E-state index contributed by atoms with van der Waals surface area (Å²) in [6.07, 6.45) is 1.98. The van der Waals surface area contributed by atoms with Crippen LogP contribution in [0.4, 0.5) is 5.69 Å². The van der Waals surface area contributed by atoms with Crippen LogP contribution >= 0.6 is 12.4 Å². The lowest BCUT2D eigenvalue weighted by Gasteiger charge is -2.23. The molecule has 1 aromatic carbocycles. The number of halogens is 1. The monoisotopic (exact) mass is 418 g/mol. The van der Waals surface area contributed by atoms with E-state index in [1.165, 1.54) is 0 Å². The minimum absolute atomic E-state index is 0. The largest absolute Gasteiger partial charge is 0.440 e. The Bertz CT molecular complexity index is 1010. The maximum atomic E-state index is 12.7. The second-order valence-electron chi connectivity index (χ2n) is 8.35. The smallest absolute Gasteiger partial charge is 0.278 e. The van der Waals surface area contributed by atoms with Gasteiger partial charge in [-0.25, -0.2) is 9.67 Å². The number of rotatable bonds is 3. The molecule has 0 bridgehead atoms. The Balaban J connectivity index is 0.00000240. The van der Waals surface area contributed by atoms with Crippen LogP contribution in [0, 0.1) is 6.92 Å². The van der Waals surface area contributed by atoms with Crippen LogP contribution in [0.15, 0.2) is 22.6 Å². The summed E-state index contributed by atoms with van der Waals surface area (Å²) in [4.78, 5) is 17.3. The van der Waals surface area contributed by atoms with Gasteiger partial charge in [-0.3, -0.25) is 4.79 Å². The van der Waals surface area contributed by atoms with E-state index in [2.05, 4.69) is 46.7 Å². The highest BCUT2D eigenvalue weighted by Gasteiger charge is 2.24. The number of fused-ring (bicyclic) bond motifs is 1. The number of nitrogens with one attached hydrogen (secondary N) is 2. The Morgan fingerprint density at radius 2 is 2.00 bits per heavy atom. The molecule has 2 N–H and O–H groups in total. The van der Waals surface area contributed by atoms with Crippen LogP contribution in [-0.2, 0) is 5.41 Å². The van der Waals surface area contributed by atoms with E-state index in [9.17, 15) is 4.79 Å². The highest BCUT2D eigenvalue weighted by molar-refractivity contribution is 6.04. The maximum Gasteiger partial charge on any atom is 0.278 e. The Hall–Kier alpha value is -2.45. The highest BCUT2D eigenvalue weighted by atomic mass is 35.5. The van der Waals surface area contributed by atoms with E-state index in [1.807, 2.05) is 29.8 Å². The Labute approximate surface area is 175 Å². The fourth-order valence-corrected chi connectivity index (χ4v) is 3.46. The fraction of sp³-hybridized carbons (Fsp3) is 0.500. The minimum Gasteiger partial charge on any atom is -0.440 e. The van der Waals surface area contributed by atoms with Gasteiger partial charge in [0.1, 0.15) is 5.52 Å². The van der Waals surface area contributed by atoms with Crippen molar-refractivity contribution in [2.75, 3.05) is 18.4 Å². The van der Waals surface area contributed by atoms with Gasteiger partial charge in [-0.2, -0.15) is 0 Å². The lowest BCUT2D eigenvalue weighted by atomic mass is 9.97. The number of benzene rings is 1. The summed E-state index contributed by atoms with van der Waals surface area (Å²) in [5.74, 6) is 0.406. The lowest BCUT2D eigenvalue weighted by molar-refractivity contribution is 0.102. The van der Waals surface area contributed by atoms with E-state index >= 15 is 0 Å². The Morgan fingerprint density at radius 3 is 2.69 bits per heavy atom. The molecule has 0 saturated carbocycles. The molecule has 1 amide bonds. The second kappa shape index (κ2) is 8.12. The molecule has 156 valence electrons. The standard InChI is InChI=1S/C20H26N6O2.ClH/c1-12-17(24-25-26(12)14-7-9-21-10-8-14)18(27)22-13-5-6-16-15(11-13)23-19(28-16)20(2,3)4;/h5-6,11,14,21H,7-10H2,1-4H3,(H,22,27);1H. The van der Waals surface area contributed by atoms with Crippen LogP contribution in [-0.4, -0.2) is 39.0 Å². The third kappa shape index (κ3) is 4.28. The molecule has 0 aliphatic carbocycles.